The Morgan fingerprint density at radius 2 is 1.97 bits per heavy atom. The van der Waals surface area contributed by atoms with Crippen LogP contribution in [0.15, 0.2) is 54.2 Å². The topological polar surface area (TPSA) is 64.5 Å². The summed E-state index contributed by atoms with van der Waals surface area (Å²) in [6.07, 6.45) is 5.46. The molecule has 1 aromatic carbocycles. The molecule has 4 rings (SSSR count). The quantitative estimate of drug-likeness (QED) is 0.281. The van der Waals surface area contributed by atoms with Crippen LogP contribution in [0.5, 0.6) is 0 Å². The lowest BCUT2D eigenvalue weighted by molar-refractivity contribution is -0.0283. The lowest BCUT2D eigenvalue weighted by Crippen LogP contribution is -2.37. The van der Waals surface area contributed by atoms with E-state index in [1.807, 2.05) is 24.6 Å². The van der Waals surface area contributed by atoms with Gasteiger partial charge in [0, 0.05) is 41.0 Å². The van der Waals surface area contributed by atoms with Crippen LogP contribution in [-0.4, -0.2) is 46.6 Å². The highest BCUT2D eigenvalue weighted by Crippen LogP contribution is 2.31. The predicted octanol–water partition coefficient (Wildman–Crippen LogP) is 5.09. The number of piperidine rings is 1. The molecule has 8 heteroatoms. The highest BCUT2D eigenvalue weighted by molar-refractivity contribution is 14.1. The minimum atomic E-state index is -0.299. The standard InChI is InChI=1S/C24H26IN3O3S/c1-2-30-24(29)18-7-10-26-20(15-18)16-28-12-8-21(9-13-28)31-22(23-27-11-14-32-23)17-3-5-19(25)6-4-17/h3-7,10-11,14-15,21-22H,2,8-9,12-13,16H2,1H3. The smallest absolute Gasteiger partial charge is 0.338 e. The van der Waals surface area contributed by atoms with Crippen LogP contribution < -0.4 is 0 Å². The molecule has 2 aromatic heterocycles. The summed E-state index contributed by atoms with van der Waals surface area (Å²) in [4.78, 5) is 23.3. The molecule has 0 radical (unpaired) electrons. The Labute approximate surface area is 206 Å². The second kappa shape index (κ2) is 11.3. The van der Waals surface area contributed by atoms with Crippen molar-refractivity contribution in [1.29, 1.82) is 0 Å². The summed E-state index contributed by atoms with van der Waals surface area (Å²) in [5.41, 5.74) is 2.58. The van der Waals surface area contributed by atoms with Crippen molar-refractivity contribution in [1.82, 2.24) is 14.9 Å². The third-order valence-electron chi connectivity index (χ3n) is 5.42. The highest BCUT2D eigenvalue weighted by Gasteiger charge is 2.26. The fourth-order valence-electron chi connectivity index (χ4n) is 3.81. The van der Waals surface area contributed by atoms with Crippen molar-refractivity contribution in [2.75, 3.05) is 19.7 Å². The van der Waals surface area contributed by atoms with Crippen molar-refractivity contribution < 1.29 is 14.3 Å². The van der Waals surface area contributed by atoms with Crippen LogP contribution in [0.4, 0.5) is 0 Å². The van der Waals surface area contributed by atoms with E-state index < -0.39 is 0 Å². The van der Waals surface area contributed by atoms with Crippen LogP contribution in [-0.2, 0) is 16.0 Å². The molecule has 1 aliphatic heterocycles. The first kappa shape index (κ1) is 23.3. The minimum Gasteiger partial charge on any atom is -0.462 e. The van der Waals surface area contributed by atoms with Crippen molar-refractivity contribution in [3.8, 4) is 0 Å². The van der Waals surface area contributed by atoms with Crippen LogP contribution in [0.2, 0.25) is 0 Å². The zero-order valence-electron chi connectivity index (χ0n) is 17.9. The zero-order chi connectivity index (χ0) is 22.3. The first-order valence-corrected chi connectivity index (χ1v) is 12.7. The van der Waals surface area contributed by atoms with E-state index >= 15 is 0 Å². The summed E-state index contributed by atoms with van der Waals surface area (Å²) in [7, 11) is 0. The molecule has 0 bridgehead atoms. The van der Waals surface area contributed by atoms with E-state index in [2.05, 4.69) is 61.7 Å². The third kappa shape index (κ3) is 6.12. The summed E-state index contributed by atoms with van der Waals surface area (Å²) in [6, 6.07) is 12.0. The second-order valence-corrected chi connectivity index (χ2v) is 9.84. The molecule has 6 nitrogen and oxygen atoms in total. The number of rotatable bonds is 8. The number of carbonyl (C=O) groups is 1. The SMILES string of the molecule is CCOC(=O)c1ccnc(CN2CCC(OC(c3ccc(I)cc3)c3nccs3)CC2)c1. The van der Waals surface area contributed by atoms with E-state index in [4.69, 9.17) is 9.47 Å². The average molecular weight is 563 g/mol. The maximum absolute atomic E-state index is 12.0. The highest BCUT2D eigenvalue weighted by atomic mass is 127. The fourth-order valence-corrected chi connectivity index (χ4v) is 4.87. The number of esters is 1. The molecule has 0 saturated carbocycles. The van der Waals surface area contributed by atoms with Crippen molar-refractivity contribution in [3.63, 3.8) is 0 Å². The number of likely N-dealkylation sites (tertiary alicyclic amines) is 1. The van der Waals surface area contributed by atoms with Gasteiger partial charge in [0.25, 0.3) is 0 Å². The zero-order valence-corrected chi connectivity index (χ0v) is 20.9. The third-order valence-corrected chi connectivity index (χ3v) is 6.96. The van der Waals surface area contributed by atoms with E-state index in [9.17, 15) is 4.79 Å². The van der Waals surface area contributed by atoms with Crippen molar-refractivity contribution in [2.24, 2.45) is 0 Å². The summed E-state index contributed by atoms with van der Waals surface area (Å²) < 4.78 is 12.9. The molecule has 0 N–H and O–H groups in total. The van der Waals surface area contributed by atoms with Gasteiger partial charge in [0.1, 0.15) is 11.1 Å². The number of ether oxygens (including phenoxy) is 2. The Morgan fingerprint density at radius 3 is 2.66 bits per heavy atom. The number of hydrogen-bond donors (Lipinski definition) is 0. The van der Waals surface area contributed by atoms with Gasteiger partial charge in [0.2, 0.25) is 0 Å². The van der Waals surface area contributed by atoms with Crippen LogP contribution in [0.3, 0.4) is 0 Å². The molecule has 3 aromatic rings. The van der Waals surface area contributed by atoms with Crippen LogP contribution >= 0.6 is 33.9 Å². The van der Waals surface area contributed by atoms with Gasteiger partial charge in [-0.3, -0.25) is 9.88 Å². The Hall–Kier alpha value is -1.88. The molecule has 0 aliphatic carbocycles. The predicted molar refractivity (Wildman–Crippen MR) is 133 cm³/mol. The molecule has 1 atom stereocenters. The summed E-state index contributed by atoms with van der Waals surface area (Å²) in [6.45, 7) is 4.74. The maximum Gasteiger partial charge on any atom is 0.338 e. The second-order valence-electron chi connectivity index (χ2n) is 7.67. The fraction of sp³-hybridized carbons (Fsp3) is 0.375. The lowest BCUT2D eigenvalue weighted by Gasteiger charge is -2.33. The Kier molecular flexibility index (Phi) is 8.23. The minimum absolute atomic E-state index is 0.133. The van der Waals surface area contributed by atoms with Crippen LogP contribution in [0.1, 0.15) is 52.5 Å². The maximum atomic E-state index is 12.0. The Balaban J connectivity index is 1.35. The number of nitrogens with zero attached hydrogens (tertiary/aromatic N) is 3. The first-order chi connectivity index (χ1) is 15.6. The van der Waals surface area contributed by atoms with Gasteiger partial charge in [-0.2, -0.15) is 0 Å². The van der Waals surface area contributed by atoms with Gasteiger partial charge < -0.3 is 9.47 Å². The van der Waals surface area contributed by atoms with E-state index in [1.165, 1.54) is 3.57 Å². The number of pyridine rings is 1. The van der Waals surface area contributed by atoms with Crippen molar-refractivity contribution in [3.05, 3.63) is 79.6 Å². The molecule has 0 amide bonds. The van der Waals surface area contributed by atoms with Crippen LogP contribution in [0.25, 0.3) is 0 Å². The summed E-state index contributed by atoms with van der Waals surface area (Å²) >= 11 is 3.95. The number of thiazole rings is 1. The number of hydrogen-bond acceptors (Lipinski definition) is 7. The lowest BCUT2D eigenvalue weighted by atomic mass is 10.1. The number of aromatic nitrogens is 2. The Morgan fingerprint density at radius 1 is 1.19 bits per heavy atom. The van der Waals surface area contributed by atoms with Gasteiger partial charge in [0.15, 0.2) is 0 Å². The first-order valence-electron chi connectivity index (χ1n) is 10.8. The Bertz CT molecular complexity index is 1010. The van der Waals surface area contributed by atoms with Gasteiger partial charge in [-0.1, -0.05) is 12.1 Å². The molecular formula is C24H26IN3O3S. The molecule has 1 saturated heterocycles. The number of benzene rings is 1. The van der Waals surface area contributed by atoms with Gasteiger partial charge in [-0.15, -0.1) is 11.3 Å². The largest absolute Gasteiger partial charge is 0.462 e. The van der Waals surface area contributed by atoms with E-state index in [0.29, 0.717) is 18.7 Å². The summed E-state index contributed by atoms with van der Waals surface area (Å²) in [5, 5.41) is 2.99. The average Bonchev–Trinajstić information content (AvgIpc) is 3.34. The number of carbonyl (C=O) groups excluding carboxylic acids is 1. The molecule has 32 heavy (non-hydrogen) atoms. The summed E-state index contributed by atoms with van der Waals surface area (Å²) in [5.74, 6) is -0.299. The van der Waals surface area contributed by atoms with Crippen molar-refractivity contribution in [2.45, 2.75) is 38.5 Å². The molecule has 0 spiro atoms. The monoisotopic (exact) mass is 563 g/mol. The molecule has 168 valence electrons. The molecule has 1 fully saturated rings. The van der Waals surface area contributed by atoms with Crippen molar-refractivity contribution >= 4 is 39.9 Å². The van der Waals surface area contributed by atoms with Gasteiger partial charge in [-0.25, -0.2) is 9.78 Å². The van der Waals surface area contributed by atoms with Gasteiger partial charge >= 0.3 is 5.97 Å². The van der Waals surface area contributed by atoms with E-state index in [1.54, 1.807) is 23.6 Å². The molecule has 1 unspecified atom stereocenters. The number of halogens is 1. The normalized spacial score (nSPS) is 16.1. The molecular weight excluding hydrogens is 537 g/mol. The van der Waals surface area contributed by atoms with E-state index in [0.717, 1.165) is 42.2 Å². The molecule has 3 heterocycles. The van der Waals surface area contributed by atoms with Gasteiger partial charge in [0.05, 0.1) is 24.0 Å². The molecule has 1 aliphatic rings. The van der Waals surface area contributed by atoms with E-state index in [-0.39, 0.29) is 18.2 Å². The van der Waals surface area contributed by atoms with Crippen LogP contribution in [0, 0.1) is 3.57 Å². The van der Waals surface area contributed by atoms with Gasteiger partial charge in [-0.05, 0) is 72.2 Å².